The van der Waals surface area contributed by atoms with Crippen LogP contribution in [0.25, 0.3) is 0 Å². The van der Waals surface area contributed by atoms with Crippen LogP contribution in [0.3, 0.4) is 0 Å². The molecule has 0 amide bonds. The number of hydrogen-bond acceptors (Lipinski definition) is 3. The van der Waals surface area contributed by atoms with Crippen LogP contribution in [0.5, 0.6) is 0 Å². The van der Waals surface area contributed by atoms with Crippen molar-refractivity contribution in [3.05, 3.63) is 43.8 Å². The molecule has 0 aliphatic heterocycles. The Bertz CT molecular complexity index is 644. The summed E-state index contributed by atoms with van der Waals surface area (Å²) in [4.78, 5) is 5.94. The standard InChI is InChI=1S/C16H20Cl2N2S/c1-9(19-13-8-11(17)6-7-12(13)18)14-10(2)20-15(21-14)16(3,4)5/h6-9,19H,1-5H3. The van der Waals surface area contributed by atoms with E-state index >= 15 is 0 Å². The maximum Gasteiger partial charge on any atom is 0.0985 e. The van der Waals surface area contributed by atoms with Crippen molar-refractivity contribution in [1.29, 1.82) is 0 Å². The quantitative estimate of drug-likeness (QED) is 0.715. The zero-order valence-corrected chi connectivity index (χ0v) is 15.2. The second-order valence-electron chi connectivity index (χ2n) is 6.21. The number of rotatable bonds is 3. The predicted octanol–water partition coefficient (Wildman–Crippen LogP) is 6.23. The Morgan fingerprint density at radius 3 is 2.48 bits per heavy atom. The van der Waals surface area contributed by atoms with Gasteiger partial charge >= 0.3 is 0 Å². The first kappa shape index (κ1) is 16.6. The van der Waals surface area contributed by atoms with Crippen molar-refractivity contribution in [2.75, 3.05) is 5.32 Å². The Labute approximate surface area is 140 Å². The van der Waals surface area contributed by atoms with Gasteiger partial charge in [0.2, 0.25) is 0 Å². The maximum atomic E-state index is 6.21. The number of nitrogens with zero attached hydrogens (tertiary/aromatic N) is 1. The van der Waals surface area contributed by atoms with Crippen molar-refractivity contribution < 1.29 is 0 Å². The summed E-state index contributed by atoms with van der Waals surface area (Å²) in [6.07, 6.45) is 0. The molecular weight excluding hydrogens is 323 g/mol. The van der Waals surface area contributed by atoms with Gasteiger partial charge in [0.1, 0.15) is 0 Å². The summed E-state index contributed by atoms with van der Waals surface area (Å²) in [5.74, 6) is 0. The number of thiazole rings is 1. The minimum atomic E-state index is 0.0705. The molecule has 1 N–H and O–H groups in total. The van der Waals surface area contributed by atoms with Gasteiger partial charge in [-0.3, -0.25) is 0 Å². The molecule has 1 atom stereocenters. The molecular formula is C16H20Cl2N2S. The lowest BCUT2D eigenvalue weighted by Crippen LogP contribution is -2.10. The smallest absolute Gasteiger partial charge is 0.0985 e. The minimum Gasteiger partial charge on any atom is -0.376 e. The molecule has 0 saturated carbocycles. The molecule has 0 radical (unpaired) electrons. The topological polar surface area (TPSA) is 24.9 Å². The van der Waals surface area contributed by atoms with Crippen LogP contribution in [0.2, 0.25) is 10.0 Å². The number of aryl methyl sites for hydroxylation is 1. The van der Waals surface area contributed by atoms with Gasteiger partial charge in [-0.2, -0.15) is 0 Å². The zero-order valence-electron chi connectivity index (χ0n) is 12.9. The minimum absolute atomic E-state index is 0.0705. The predicted molar refractivity (Wildman–Crippen MR) is 94.1 cm³/mol. The summed E-state index contributed by atoms with van der Waals surface area (Å²) in [5, 5.41) is 5.92. The van der Waals surface area contributed by atoms with Crippen LogP contribution in [0.1, 0.15) is 49.3 Å². The first-order chi connectivity index (χ1) is 9.68. The first-order valence-corrected chi connectivity index (χ1v) is 8.45. The Morgan fingerprint density at radius 1 is 1.24 bits per heavy atom. The van der Waals surface area contributed by atoms with E-state index in [0.717, 1.165) is 16.4 Å². The summed E-state index contributed by atoms with van der Waals surface area (Å²) in [7, 11) is 0. The Hall–Kier alpha value is -0.770. The van der Waals surface area contributed by atoms with Crippen molar-refractivity contribution in [2.24, 2.45) is 0 Å². The maximum absolute atomic E-state index is 6.21. The molecule has 1 unspecified atom stereocenters. The summed E-state index contributed by atoms with van der Waals surface area (Å²) >= 11 is 14.0. The molecule has 1 heterocycles. The molecule has 0 fully saturated rings. The van der Waals surface area contributed by atoms with Crippen molar-refractivity contribution >= 4 is 40.2 Å². The summed E-state index contributed by atoms with van der Waals surface area (Å²) in [6.45, 7) is 10.7. The van der Waals surface area contributed by atoms with E-state index < -0.39 is 0 Å². The van der Waals surface area contributed by atoms with E-state index in [9.17, 15) is 0 Å². The van der Waals surface area contributed by atoms with Crippen LogP contribution >= 0.6 is 34.5 Å². The van der Waals surface area contributed by atoms with Gasteiger partial charge < -0.3 is 5.32 Å². The van der Waals surface area contributed by atoms with E-state index in [1.165, 1.54) is 4.88 Å². The van der Waals surface area contributed by atoms with Gasteiger partial charge in [-0.15, -0.1) is 11.3 Å². The second-order valence-corrected chi connectivity index (χ2v) is 8.08. The van der Waals surface area contributed by atoms with Gasteiger partial charge in [-0.1, -0.05) is 44.0 Å². The normalized spacial score (nSPS) is 13.3. The lowest BCUT2D eigenvalue weighted by molar-refractivity contribution is 0.584. The summed E-state index contributed by atoms with van der Waals surface area (Å²) in [5.41, 5.74) is 1.99. The molecule has 114 valence electrons. The van der Waals surface area contributed by atoms with Crippen LogP contribution in [0, 0.1) is 6.92 Å². The molecule has 1 aromatic carbocycles. The van der Waals surface area contributed by atoms with Crippen molar-refractivity contribution in [2.45, 2.75) is 46.1 Å². The van der Waals surface area contributed by atoms with Crippen LogP contribution in [0.4, 0.5) is 5.69 Å². The fourth-order valence-electron chi connectivity index (χ4n) is 2.04. The van der Waals surface area contributed by atoms with E-state index in [0.29, 0.717) is 10.0 Å². The average Bonchev–Trinajstić information content (AvgIpc) is 2.76. The third-order valence-electron chi connectivity index (χ3n) is 3.17. The van der Waals surface area contributed by atoms with E-state index in [2.05, 4.69) is 39.9 Å². The molecule has 1 aromatic heterocycles. The number of halogens is 2. The molecule has 0 saturated heterocycles. The number of anilines is 1. The van der Waals surface area contributed by atoms with Gasteiger partial charge in [0.25, 0.3) is 0 Å². The van der Waals surface area contributed by atoms with Crippen LogP contribution in [0.15, 0.2) is 18.2 Å². The van der Waals surface area contributed by atoms with Crippen LogP contribution in [-0.2, 0) is 5.41 Å². The fourth-order valence-corrected chi connectivity index (χ4v) is 3.51. The van der Waals surface area contributed by atoms with Crippen LogP contribution in [-0.4, -0.2) is 4.98 Å². The number of benzene rings is 1. The monoisotopic (exact) mass is 342 g/mol. The Balaban J connectivity index is 2.26. The molecule has 0 aliphatic carbocycles. The largest absolute Gasteiger partial charge is 0.376 e. The van der Waals surface area contributed by atoms with Crippen molar-refractivity contribution in [3.63, 3.8) is 0 Å². The highest BCUT2D eigenvalue weighted by molar-refractivity contribution is 7.12. The van der Waals surface area contributed by atoms with E-state index in [1.54, 1.807) is 23.5 Å². The third kappa shape index (κ3) is 3.91. The summed E-state index contributed by atoms with van der Waals surface area (Å²) in [6, 6.07) is 5.57. The van der Waals surface area contributed by atoms with Gasteiger partial charge in [0, 0.05) is 15.3 Å². The lowest BCUT2D eigenvalue weighted by Gasteiger charge is -2.16. The van der Waals surface area contributed by atoms with E-state index in [-0.39, 0.29) is 11.5 Å². The molecule has 21 heavy (non-hydrogen) atoms. The highest BCUT2D eigenvalue weighted by atomic mass is 35.5. The second kappa shape index (κ2) is 6.15. The van der Waals surface area contributed by atoms with E-state index in [1.807, 2.05) is 6.07 Å². The summed E-state index contributed by atoms with van der Waals surface area (Å²) < 4.78 is 0. The number of hydrogen-bond donors (Lipinski definition) is 1. The lowest BCUT2D eigenvalue weighted by atomic mass is 9.98. The molecule has 0 spiro atoms. The van der Waals surface area contributed by atoms with E-state index in [4.69, 9.17) is 28.2 Å². The SMILES string of the molecule is Cc1nc(C(C)(C)C)sc1C(C)Nc1cc(Cl)ccc1Cl. The highest BCUT2D eigenvalue weighted by Gasteiger charge is 2.22. The van der Waals surface area contributed by atoms with Crippen molar-refractivity contribution in [3.8, 4) is 0 Å². The molecule has 0 aliphatic rings. The molecule has 0 bridgehead atoms. The molecule has 2 rings (SSSR count). The Kier molecular flexibility index (Phi) is 4.86. The molecule has 2 aromatic rings. The highest BCUT2D eigenvalue weighted by Crippen LogP contribution is 2.35. The number of aromatic nitrogens is 1. The third-order valence-corrected chi connectivity index (χ3v) is 5.50. The Morgan fingerprint density at radius 2 is 1.90 bits per heavy atom. The van der Waals surface area contributed by atoms with Gasteiger partial charge in [-0.25, -0.2) is 4.98 Å². The van der Waals surface area contributed by atoms with Crippen LogP contribution < -0.4 is 5.32 Å². The fraction of sp³-hybridized carbons (Fsp3) is 0.438. The zero-order chi connectivity index (χ0) is 15.8. The number of nitrogens with one attached hydrogen (secondary N) is 1. The van der Waals surface area contributed by atoms with Gasteiger partial charge in [-0.05, 0) is 32.0 Å². The first-order valence-electron chi connectivity index (χ1n) is 6.88. The average molecular weight is 343 g/mol. The van der Waals surface area contributed by atoms with Gasteiger partial charge in [0.15, 0.2) is 0 Å². The van der Waals surface area contributed by atoms with Gasteiger partial charge in [0.05, 0.1) is 27.5 Å². The molecule has 5 heteroatoms. The molecule has 2 nitrogen and oxygen atoms in total. The van der Waals surface area contributed by atoms with Crippen molar-refractivity contribution in [1.82, 2.24) is 4.98 Å².